The van der Waals surface area contributed by atoms with Crippen molar-refractivity contribution in [2.45, 2.75) is 20.8 Å². The molecule has 0 unspecified atom stereocenters. The largest absolute Gasteiger partial charge is 0.460 e. The molecule has 0 fully saturated rings. The van der Waals surface area contributed by atoms with Crippen LogP contribution in [0.5, 0.6) is 5.75 Å². The molecule has 0 atom stereocenters. The quantitative estimate of drug-likeness (QED) is 0.236. The van der Waals surface area contributed by atoms with E-state index >= 15 is 0 Å². The SMILES string of the molecule is CCOC(=O)C(=O)Oc1ccc2c(=O)c(-c3nc4ccccc4s3)c(C(=O)OCC)oc2c1C. The normalized spacial score (nSPS) is 10.9. The molecule has 174 valence electrons. The summed E-state index contributed by atoms with van der Waals surface area (Å²) in [6.07, 6.45) is 0. The number of nitrogens with zero attached hydrogens (tertiary/aromatic N) is 1. The molecule has 0 spiro atoms. The molecular weight excluding hydrogens is 462 g/mol. The fraction of sp³-hybridized carbons (Fsp3) is 0.208. The van der Waals surface area contributed by atoms with Gasteiger partial charge in [-0.2, -0.15) is 0 Å². The van der Waals surface area contributed by atoms with Gasteiger partial charge in [-0.05, 0) is 45.0 Å². The molecule has 2 aromatic carbocycles. The molecule has 0 saturated heterocycles. The number of aromatic nitrogens is 1. The van der Waals surface area contributed by atoms with E-state index in [0.29, 0.717) is 10.5 Å². The van der Waals surface area contributed by atoms with Gasteiger partial charge in [0.2, 0.25) is 11.2 Å². The molecule has 0 N–H and O–H groups in total. The highest BCUT2D eigenvalue weighted by Gasteiger charge is 2.27. The number of fused-ring (bicyclic) bond motifs is 2. The first-order valence-electron chi connectivity index (χ1n) is 10.4. The van der Waals surface area contributed by atoms with Gasteiger partial charge in [-0.25, -0.2) is 19.4 Å². The second kappa shape index (κ2) is 9.44. The van der Waals surface area contributed by atoms with Crippen LogP contribution in [0.1, 0.15) is 30.0 Å². The van der Waals surface area contributed by atoms with Crippen LogP contribution >= 0.6 is 11.3 Å². The van der Waals surface area contributed by atoms with E-state index in [1.54, 1.807) is 19.9 Å². The Balaban J connectivity index is 1.91. The second-order valence-corrected chi connectivity index (χ2v) is 8.05. The minimum absolute atomic E-state index is 0.0109. The van der Waals surface area contributed by atoms with Crippen LogP contribution in [0.4, 0.5) is 0 Å². The summed E-state index contributed by atoms with van der Waals surface area (Å²) in [6, 6.07) is 10.1. The molecule has 0 saturated carbocycles. The van der Waals surface area contributed by atoms with E-state index in [-0.39, 0.29) is 46.8 Å². The van der Waals surface area contributed by atoms with Crippen molar-refractivity contribution < 1.29 is 33.0 Å². The number of aryl methyl sites for hydroxylation is 1. The van der Waals surface area contributed by atoms with Crippen LogP contribution in [-0.4, -0.2) is 36.1 Å². The average Bonchev–Trinajstić information content (AvgIpc) is 3.24. The van der Waals surface area contributed by atoms with Gasteiger partial charge in [0.25, 0.3) is 0 Å². The number of carbonyl (C=O) groups excluding carboxylic acids is 3. The second-order valence-electron chi connectivity index (χ2n) is 7.02. The highest BCUT2D eigenvalue weighted by Crippen LogP contribution is 2.34. The number of carbonyl (C=O) groups is 3. The van der Waals surface area contributed by atoms with E-state index in [0.717, 1.165) is 4.70 Å². The van der Waals surface area contributed by atoms with Crippen LogP contribution in [0, 0.1) is 6.92 Å². The first-order valence-corrected chi connectivity index (χ1v) is 11.2. The zero-order chi connectivity index (χ0) is 24.4. The summed E-state index contributed by atoms with van der Waals surface area (Å²) in [5, 5.41) is 0.464. The summed E-state index contributed by atoms with van der Waals surface area (Å²) in [6.45, 7) is 4.80. The zero-order valence-corrected chi connectivity index (χ0v) is 19.3. The maximum Gasteiger partial charge on any atom is 0.422 e. The van der Waals surface area contributed by atoms with Gasteiger partial charge < -0.3 is 18.6 Å². The monoisotopic (exact) mass is 481 g/mol. The smallest absolute Gasteiger partial charge is 0.422 e. The van der Waals surface area contributed by atoms with Crippen LogP contribution < -0.4 is 10.2 Å². The van der Waals surface area contributed by atoms with Gasteiger partial charge >= 0.3 is 17.9 Å². The third-order valence-corrected chi connectivity index (χ3v) is 5.93. The minimum Gasteiger partial charge on any atom is -0.460 e. The lowest BCUT2D eigenvalue weighted by molar-refractivity contribution is -0.161. The lowest BCUT2D eigenvalue weighted by Crippen LogP contribution is -2.23. The van der Waals surface area contributed by atoms with Gasteiger partial charge in [0.15, 0.2) is 0 Å². The molecule has 0 bridgehead atoms. The van der Waals surface area contributed by atoms with E-state index in [1.807, 2.05) is 18.2 Å². The van der Waals surface area contributed by atoms with Crippen molar-refractivity contribution in [2.24, 2.45) is 0 Å². The predicted octanol–water partition coefficient (Wildman–Crippen LogP) is 4.02. The molecule has 2 heterocycles. The molecule has 2 aromatic heterocycles. The van der Waals surface area contributed by atoms with Crippen LogP contribution in [-0.2, 0) is 19.1 Å². The maximum absolute atomic E-state index is 13.5. The first kappa shape index (κ1) is 23.1. The molecule has 0 aliphatic rings. The Kier molecular flexibility index (Phi) is 6.42. The summed E-state index contributed by atoms with van der Waals surface area (Å²) in [5.41, 5.74) is 0.437. The molecule has 0 aliphatic carbocycles. The summed E-state index contributed by atoms with van der Waals surface area (Å²) in [7, 11) is 0. The number of benzene rings is 2. The first-order chi connectivity index (χ1) is 16.3. The summed E-state index contributed by atoms with van der Waals surface area (Å²) in [5.74, 6) is -3.53. The van der Waals surface area contributed by atoms with E-state index in [4.69, 9.17) is 13.9 Å². The Bertz CT molecular complexity index is 1470. The Morgan fingerprint density at radius 2 is 1.74 bits per heavy atom. The number of hydrogen-bond donors (Lipinski definition) is 0. The van der Waals surface area contributed by atoms with Gasteiger partial charge in [-0.1, -0.05) is 12.1 Å². The number of ether oxygens (including phenoxy) is 3. The van der Waals surface area contributed by atoms with E-state index < -0.39 is 23.3 Å². The number of para-hydroxylation sites is 1. The summed E-state index contributed by atoms with van der Waals surface area (Å²) in [4.78, 5) is 54.4. The fourth-order valence-electron chi connectivity index (χ4n) is 3.33. The van der Waals surface area contributed by atoms with Gasteiger partial charge in [0, 0.05) is 5.56 Å². The lowest BCUT2D eigenvalue weighted by Gasteiger charge is -2.11. The summed E-state index contributed by atoms with van der Waals surface area (Å²) < 4.78 is 21.6. The van der Waals surface area contributed by atoms with Gasteiger partial charge in [-0.15, -0.1) is 11.3 Å². The average molecular weight is 481 g/mol. The minimum atomic E-state index is -1.22. The van der Waals surface area contributed by atoms with Gasteiger partial charge in [0.1, 0.15) is 21.9 Å². The molecule has 10 heteroatoms. The molecule has 4 aromatic rings. The molecule has 34 heavy (non-hydrogen) atoms. The van der Waals surface area contributed by atoms with Crippen LogP contribution in [0.15, 0.2) is 45.6 Å². The van der Waals surface area contributed by atoms with Crippen molar-refractivity contribution >= 4 is 50.4 Å². The third kappa shape index (κ3) is 4.15. The van der Waals surface area contributed by atoms with E-state index in [9.17, 15) is 19.2 Å². The van der Waals surface area contributed by atoms with Crippen molar-refractivity contribution in [3.63, 3.8) is 0 Å². The molecule has 0 aliphatic heterocycles. The van der Waals surface area contributed by atoms with Crippen molar-refractivity contribution in [1.29, 1.82) is 0 Å². The molecular formula is C24H19NO8S. The van der Waals surface area contributed by atoms with E-state index in [2.05, 4.69) is 9.72 Å². The van der Waals surface area contributed by atoms with Crippen molar-refractivity contribution in [2.75, 3.05) is 13.2 Å². The molecule has 4 rings (SSSR count). The van der Waals surface area contributed by atoms with Gasteiger partial charge in [0.05, 0.1) is 28.8 Å². The number of thiazole rings is 1. The standard InChI is InChI=1S/C24H19NO8S/c1-4-30-22(27)20-17(21-25-14-8-6-7-9-16(14)34-21)18(26)13-10-11-15(12(3)19(13)33-20)32-24(29)23(28)31-5-2/h6-11H,4-5H2,1-3H3. The van der Waals surface area contributed by atoms with E-state index in [1.165, 1.54) is 30.4 Å². The van der Waals surface area contributed by atoms with Crippen molar-refractivity contribution in [3.05, 3.63) is 57.9 Å². The number of esters is 3. The summed E-state index contributed by atoms with van der Waals surface area (Å²) >= 11 is 1.25. The molecule has 0 radical (unpaired) electrons. The number of rotatable bonds is 5. The van der Waals surface area contributed by atoms with Gasteiger partial charge in [-0.3, -0.25) is 4.79 Å². The highest BCUT2D eigenvalue weighted by atomic mass is 32.1. The topological polar surface area (TPSA) is 122 Å². The Hall–Kier alpha value is -4.05. The molecule has 0 amide bonds. The molecule has 9 nitrogen and oxygen atoms in total. The zero-order valence-electron chi connectivity index (χ0n) is 18.5. The van der Waals surface area contributed by atoms with Crippen LogP contribution in [0.2, 0.25) is 0 Å². The number of hydrogen-bond acceptors (Lipinski definition) is 10. The third-order valence-electron chi connectivity index (χ3n) is 4.87. The Labute approximate surface area is 196 Å². The highest BCUT2D eigenvalue weighted by molar-refractivity contribution is 7.21. The Morgan fingerprint density at radius 3 is 2.44 bits per heavy atom. The van der Waals surface area contributed by atoms with Crippen LogP contribution in [0.25, 0.3) is 31.8 Å². The maximum atomic E-state index is 13.5. The fourth-order valence-corrected chi connectivity index (χ4v) is 4.34. The lowest BCUT2D eigenvalue weighted by atomic mass is 10.1. The predicted molar refractivity (Wildman–Crippen MR) is 124 cm³/mol. The van der Waals surface area contributed by atoms with Crippen molar-refractivity contribution in [3.8, 4) is 16.3 Å². The Morgan fingerprint density at radius 1 is 1.00 bits per heavy atom. The van der Waals surface area contributed by atoms with Crippen LogP contribution in [0.3, 0.4) is 0 Å². The van der Waals surface area contributed by atoms with Crippen molar-refractivity contribution in [1.82, 2.24) is 4.98 Å².